The molecule has 0 aliphatic carbocycles. The van der Waals surface area contributed by atoms with Crippen LogP contribution in [0.2, 0.25) is 0 Å². The van der Waals surface area contributed by atoms with Gasteiger partial charge in [-0.1, -0.05) is 34.1 Å². The summed E-state index contributed by atoms with van der Waals surface area (Å²) in [5.74, 6) is -0.0428. The van der Waals surface area contributed by atoms with E-state index in [9.17, 15) is 4.79 Å². The maximum Gasteiger partial charge on any atom is 0.226 e. The van der Waals surface area contributed by atoms with Gasteiger partial charge < -0.3 is 20.1 Å². The zero-order valence-electron chi connectivity index (χ0n) is 21.6. The predicted molar refractivity (Wildman–Crippen MR) is 160 cm³/mol. The highest BCUT2D eigenvalue weighted by atomic mass is 79.9. The normalized spacial score (nSPS) is 16.9. The van der Waals surface area contributed by atoms with Gasteiger partial charge in [0.1, 0.15) is 0 Å². The van der Waals surface area contributed by atoms with Gasteiger partial charge in [0, 0.05) is 46.4 Å². The lowest BCUT2D eigenvalue weighted by atomic mass is 9.96. The minimum Gasteiger partial charge on any atom is -0.352 e. The fourth-order valence-corrected chi connectivity index (χ4v) is 5.82. The first-order valence-corrected chi connectivity index (χ1v) is 13.8. The van der Waals surface area contributed by atoms with Gasteiger partial charge in [0.05, 0.1) is 17.8 Å². The molecule has 6 nitrogen and oxygen atoms in total. The highest BCUT2D eigenvalue weighted by Crippen LogP contribution is 2.41. The number of aromatic nitrogens is 2. The third kappa shape index (κ3) is 5.37. The van der Waals surface area contributed by atoms with Crippen LogP contribution in [0.15, 0.2) is 83.5 Å². The van der Waals surface area contributed by atoms with E-state index >= 15 is 0 Å². The Morgan fingerprint density at radius 2 is 1.84 bits per heavy atom. The number of benzene rings is 2. The maximum atomic E-state index is 12.9. The summed E-state index contributed by atoms with van der Waals surface area (Å²) < 4.78 is 3.31. The molecule has 2 aromatic carbocycles. The van der Waals surface area contributed by atoms with Crippen LogP contribution in [0.1, 0.15) is 46.7 Å². The number of halogens is 1. The number of anilines is 1. The third-order valence-electron chi connectivity index (χ3n) is 6.95. The van der Waals surface area contributed by atoms with E-state index < -0.39 is 0 Å². The second-order valence-corrected chi connectivity index (χ2v) is 10.9. The number of hydrogen-bond donors (Lipinski definition) is 2. The lowest BCUT2D eigenvalue weighted by Gasteiger charge is -2.28. The summed E-state index contributed by atoms with van der Waals surface area (Å²) in [6.07, 6.45) is 2.12. The van der Waals surface area contributed by atoms with E-state index in [1.807, 2.05) is 49.4 Å². The molecule has 1 saturated heterocycles. The lowest BCUT2D eigenvalue weighted by Crippen LogP contribution is -2.32. The number of aryl methyl sites for hydroxylation is 2. The summed E-state index contributed by atoms with van der Waals surface area (Å²) in [5, 5.41) is 7.15. The topological polar surface area (TPSA) is 62.2 Å². The summed E-state index contributed by atoms with van der Waals surface area (Å²) in [4.78, 5) is 19.7. The first kappa shape index (κ1) is 26.1. The molecule has 1 fully saturated rings. The predicted octanol–water partition coefficient (Wildman–Crippen LogP) is 6.56. The molecule has 2 N–H and O–H groups in total. The van der Waals surface area contributed by atoms with Gasteiger partial charge in [0.2, 0.25) is 5.91 Å². The number of nitrogens with one attached hydrogen (secondary N) is 2. The molecule has 5 rings (SSSR count). The van der Waals surface area contributed by atoms with Crippen LogP contribution < -0.4 is 10.6 Å². The molecule has 194 valence electrons. The van der Waals surface area contributed by atoms with Crippen LogP contribution in [0, 0.1) is 20.8 Å². The first-order chi connectivity index (χ1) is 18.3. The van der Waals surface area contributed by atoms with Crippen LogP contribution in [0.4, 0.5) is 5.69 Å². The summed E-state index contributed by atoms with van der Waals surface area (Å²) in [6.45, 7) is 6.76. The Morgan fingerprint density at radius 1 is 1.05 bits per heavy atom. The molecule has 0 bridgehead atoms. The van der Waals surface area contributed by atoms with E-state index in [0.29, 0.717) is 18.1 Å². The molecule has 8 heteroatoms. The molecule has 0 saturated carbocycles. The molecule has 4 aromatic rings. The van der Waals surface area contributed by atoms with E-state index in [0.717, 1.165) is 44.1 Å². The molecule has 3 heterocycles. The van der Waals surface area contributed by atoms with Crippen molar-refractivity contribution in [1.82, 2.24) is 19.8 Å². The van der Waals surface area contributed by atoms with E-state index in [1.54, 1.807) is 6.20 Å². The second kappa shape index (κ2) is 11.1. The number of thiocarbonyl (C=S) groups is 1. The number of amides is 1. The summed E-state index contributed by atoms with van der Waals surface area (Å²) in [5.41, 5.74) is 7.35. The molecule has 0 spiro atoms. The molecule has 2 aromatic heterocycles. The number of carbonyl (C=O) groups excluding carboxylic acids is 1. The van der Waals surface area contributed by atoms with Gasteiger partial charge in [-0.3, -0.25) is 9.78 Å². The van der Waals surface area contributed by atoms with Crippen molar-refractivity contribution >= 4 is 44.9 Å². The van der Waals surface area contributed by atoms with Crippen LogP contribution >= 0.6 is 28.1 Å². The van der Waals surface area contributed by atoms with Gasteiger partial charge >= 0.3 is 0 Å². The number of hydrogen-bond acceptors (Lipinski definition) is 3. The van der Waals surface area contributed by atoms with Gasteiger partial charge in [-0.05, 0) is 98.7 Å². The van der Waals surface area contributed by atoms with Crippen LogP contribution in [0.25, 0.3) is 5.69 Å². The average molecular weight is 589 g/mol. The quantitative estimate of drug-likeness (QED) is 0.240. The van der Waals surface area contributed by atoms with Crippen molar-refractivity contribution in [3.63, 3.8) is 0 Å². The Hall–Kier alpha value is -3.49. The van der Waals surface area contributed by atoms with Gasteiger partial charge in [-0.25, -0.2) is 0 Å². The van der Waals surface area contributed by atoms with Crippen LogP contribution in [0.3, 0.4) is 0 Å². The molecule has 0 radical (unpaired) electrons. The SMILES string of the molecule is Cc1cccc(NC(=O)CCN2C(=S)N[C@H](c3ccccn3)[C@H]2c2cc(C)n(-c3ccc(Br)cc3)c2C)c1. The van der Waals surface area contributed by atoms with E-state index in [4.69, 9.17) is 12.2 Å². The van der Waals surface area contributed by atoms with E-state index in [2.05, 4.69) is 85.2 Å². The van der Waals surface area contributed by atoms with Crippen molar-refractivity contribution in [2.24, 2.45) is 0 Å². The Balaban J connectivity index is 1.46. The Kier molecular flexibility index (Phi) is 7.63. The maximum absolute atomic E-state index is 12.9. The molecule has 2 atom stereocenters. The number of rotatable bonds is 7. The van der Waals surface area contributed by atoms with E-state index in [1.165, 1.54) is 0 Å². The van der Waals surface area contributed by atoms with Crippen molar-refractivity contribution in [2.75, 3.05) is 11.9 Å². The van der Waals surface area contributed by atoms with Crippen molar-refractivity contribution in [3.05, 3.63) is 112 Å². The largest absolute Gasteiger partial charge is 0.352 e. The van der Waals surface area contributed by atoms with Crippen molar-refractivity contribution in [1.29, 1.82) is 0 Å². The molecule has 1 amide bonds. The number of carbonyl (C=O) groups is 1. The van der Waals surface area contributed by atoms with E-state index in [-0.39, 0.29) is 18.0 Å². The van der Waals surface area contributed by atoms with Crippen LogP contribution in [-0.4, -0.2) is 32.0 Å². The summed E-state index contributed by atoms with van der Waals surface area (Å²) in [6, 6.07) is 24.1. The smallest absolute Gasteiger partial charge is 0.226 e. The highest BCUT2D eigenvalue weighted by molar-refractivity contribution is 9.10. The summed E-state index contributed by atoms with van der Waals surface area (Å²) >= 11 is 9.36. The molecule has 38 heavy (non-hydrogen) atoms. The van der Waals surface area contributed by atoms with Crippen molar-refractivity contribution in [2.45, 2.75) is 39.3 Å². The minimum atomic E-state index is -0.137. The minimum absolute atomic E-state index is 0.0428. The highest BCUT2D eigenvalue weighted by Gasteiger charge is 2.41. The Morgan fingerprint density at radius 3 is 2.55 bits per heavy atom. The first-order valence-electron chi connectivity index (χ1n) is 12.6. The number of nitrogens with zero attached hydrogens (tertiary/aromatic N) is 3. The molecular formula is C30H30BrN5OS. The monoisotopic (exact) mass is 587 g/mol. The van der Waals surface area contributed by atoms with Gasteiger partial charge in [0.25, 0.3) is 0 Å². The average Bonchev–Trinajstić information content (AvgIpc) is 3.38. The van der Waals surface area contributed by atoms with Gasteiger partial charge in [0.15, 0.2) is 5.11 Å². The van der Waals surface area contributed by atoms with Crippen molar-refractivity contribution in [3.8, 4) is 5.69 Å². The number of pyridine rings is 1. The third-order valence-corrected chi connectivity index (χ3v) is 7.83. The van der Waals surface area contributed by atoms with Crippen LogP contribution in [-0.2, 0) is 4.79 Å². The zero-order valence-corrected chi connectivity index (χ0v) is 24.0. The molecule has 1 aliphatic heterocycles. The second-order valence-electron chi connectivity index (χ2n) is 9.63. The Bertz CT molecular complexity index is 1470. The fourth-order valence-electron chi connectivity index (χ4n) is 5.23. The Labute approximate surface area is 237 Å². The van der Waals surface area contributed by atoms with Gasteiger partial charge in [-0.15, -0.1) is 0 Å². The molecule has 1 aliphatic rings. The molecular weight excluding hydrogens is 558 g/mol. The lowest BCUT2D eigenvalue weighted by molar-refractivity contribution is -0.116. The van der Waals surface area contributed by atoms with Crippen LogP contribution in [0.5, 0.6) is 0 Å². The summed E-state index contributed by atoms with van der Waals surface area (Å²) in [7, 11) is 0. The van der Waals surface area contributed by atoms with Gasteiger partial charge in [-0.2, -0.15) is 0 Å². The molecule has 0 unspecified atom stereocenters. The van der Waals surface area contributed by atoms with Crippen molar-refractivity contribution < 1.29 is 4.79 Å². The zero-order chi connectivity index (χ0) is 26.8. The standard InChI is InChI=1S/C30H30BrN5OS/c1-19-7-6-8-23(17-19)33-27(37)14-16-35-29(28(34-30(35)38)26-9-4-5-15-32-26)25-18-20(2)36(21(25)3)24-12-10-22(31)11-13-24/h4-13,15,17-18,28-29H,14,16H2,1-3H3,(H,33,37)(H,34,38)/t28-,29-/m1/s1. The fraction of sp³-hybridized carbons (Fsp3) is 0.233.